The molecule has 0 fully saturated rings. The quantitative estimate of drug-likeness (QED) is 0.750. The Morgan fingerprint density at radius 2 is 1.93 bits per heavy atom. The van der Waals surface area contributed by atoms with Crippen molar-refractivity contribution in [2.45, 2.75) is 12.2 Å². The Morgan fingerprint density at radius 3 is 2.57 bits per heavy atom. The van der Waals surface area contributed by atoms with Gasteiger partial charge in [-0.25, -0.2) is 4.99 Å². The molecular weight excluding hydrogens is 380 g/mol. The van der Waals surface area contributed by atoms with Crippen molar-refractivity contribution in [3.05, 3.63) is 59.8 Å². The molecule has 2 aromatic carbocycles. The third-order valence-electron chi connectivity index (χ3n) is 4.02. The lowest BCUT2D eigenvalue weighted by Crippen LogP contribution is -2.32. The number of nitrogens with zero attached hydrogens (tertiary/aromatic N) is 2. The summed E-state index contributed by atoms with van der Waals surface area (Å²) in [6, 6.07) is 13.8. The van der Waals surface area contributed by atoms with Crippen molar-refractivity contribution in [1.82, 2.24) is 0 Å². The highest BCUT2D eigenvalue weighted by molar-refractivity contribution is 8.15. The first-order chi connectivity index (χ1) is 13.4. The molecule has 7 nitrogen and oxygen atoms in total. The number of aliphatic imine (C=N–C) groups is 1. The van der Waals surface area contributed by atoms with E-state index < -0.39 is 17.1 Å². The van der Waals surface area contributed by atoms with E-state index in [-0.39, 0.29) is 22.4 Å². The number of carbonyl (C=O) groups excluding carboxylic acids is 1. The standard InChI is InChI=1S/C20H18N2O5S/c1-12(19(25)26)28-20-21-15(11-13-7-6-10-16(27-2)17(13)23)18(24)22(20)14-8-4-3-5-9-14/h3-12,23H,1-2H3,(H,25,26)/b15-11-. The highest BCUT2D eigenvalue weighted by atomic mass is 32.2. The van der Waals surface area contributed by atoms with Crippen molar-refractivity contribution in [3.8, 4) is 11.5 Å². The van der Waals surface area contributed by atoms with Gasteiger partial charge in [0.2, 0.25) is 0 Å². The molecule has 28 heavy (non-hydrogen) atoms. The van der Waals surface area contributed by atoms with Crippen molar-refractivity contribution in [1.29, 1.82) is 0 Å². The molecule has 0 aromatic heterocycles. The molecule has 0 saturated carbocycles. The van der Waals surface area contributed by atoms with Crippen LogP contribution < -0.4 is 9.64 Å². The average Bonchev–Trinajstić information content (AvgIpc) is 2.99. The number of rotatable bonds is 5. The first-order valence-corrected chi connectivity index (χ1v) is 9.25. The highest BCUT2D eigenvalue weighted by Gasteiger charge is 2.34. The van der Waals surface area contributed by atoms with Crippen LogP contribution >= 0.6 is 11.8 Å². The number of anilines is 1. The van der Waals surface area contributed by atoms with Gasteiger partial charge in [-0.3, -0.25) is 14.5 Å². The van der Waals surface area contributed by atoms with Gasteiger partial charge in [-0.15, -0.1) is 0 Å². The predicted octanol–water partition coefficient (Wildman–Crippen LogP) is 3.35. The Bertz CT molecular complexity index is 972. The van der Waals surface area contributed by atoms with Gasteiger partial charge in [0.15, 0.2) is 16.7 Å². The molecule has 0 spiro atoms. The van der Waals surface area contributed by atoms with Crippen LogP contribution in [-0.2, 0) is 9.59 Å². The van der Waals surface area contributed by atoms with Crippen molar-refractivity contribution in [3.63, 3.8) is 0 Å². The lowest BCUT2D eigenvalue weighted by atomic mass is 10.1. The van der Waals surface area contributed by atoms with Crippen LogP contribution in [0.5, 0.6) is 11.5 Å². The number of amidine groups is 1. The molecule has 2 N–H and O–H groups in total. The van der Waals surface area contributed by atoms with Crippen molar-refractivity contribution in [2.75, 3.05) is 12.0 Å². The molecular formula is C20H18N2O5S. The summed E-state index contributed by atoms with van der Waals surface area (Å²) < 4.78 is 5.09. The summed E-state index contributed by atoms with van der Waals surface area (Å²) in [7, 11) is 1.43. The zero-order valence-corrected chi connectivity index (χ0v) is 16.0. The second-order valence-electron chi connectivity index (χ2n) is 5.90. The van der Waals surface area contributed by atoms with Crippen LogP contribution in [0.4, 0.5) is 5.69 Å². The van der Waals surface area contributed by atoms with Crippen LogP contribution in [0.2, 0.25) is 0 Å². The van der Waals surface area contributed by atoms with E-state index in [1.807, 2.05) is 6.07 Å². The number of aliphatic carboxylic acids is 1. The summed E-state index contributed by atoms with van der Waals surface area (Å²) in [4.78, 5) is 30.0. The number of carboxylic acids is 1. The topological polar surface area (TPSA) is 99.4 Å². The Labute approximate surface area is 166 Å². The van der Waals surface area contributed by atoms with Crippen molar-refractivity contribution < 1.29 is 24.5 Å². The number of para-hydroxylation sites is 2. The fraction of sp³-hybridized carbons (Fsp3) is 0.150. The van der Waals surface area contributed by atoms with Gasteiger partial charge in [-0.1, -0.05) is 42.1 Å². The van der Waals surface area contributed by atoms with Crippen molar-refractivity contribution >= 4 is 40.6 Å². The van der Waals surface area contributed by atoms with E-state index in [0.717, 1.165) is 11.8 Å². The maximum atomic E-state index is 13.0. The zero-order chi connectivity index (χ0) is 20.3. The third kappa shape index (κ3) is 3.86. The molecule has 2 aromatic rings. The number of thioether (sulfide) groups is 1. The summed E-state index contributed by atoms with van der Waals surface area (Å²) in [5.41, 5.74) is 1.04. The van der Waals surface area contributed by atoms with Crippen molar-refractivity contribution in [2.24, 2.45) is 4.99 Å². The fourth-order valence-corrected chi connectivity index (χ4v) is 3.42. The number of carbonyl (C=O) groups is 2. The number of hydrogen-bond donors (Lipinski definition) is 2. The summed E-state index contributed by atoms with van der Waals surface area (Å²) in [6.45, 7) is 1.53. The highest BCUT2D eigenvalue weighted by Crippen LogP contribution is 2.34. The molecule has 1 aliphatic rings. The van der Waals surface area contributed by atoms with Crippen LogP contribution in [0.25, 0.3) is 6.08 Å². The minimum absolute atomic E-state index is 0.0903. The van der Waals surface area contributed by atoms with E-state index in [9.17, 15) is 19.8 Å². The summed E-state index contributed by atoms with van der Waals surface area (Å²) in [5, 5.41) is 19.0. The van der Waals surface area contributed by atoms with Gasteiger partial charge in [0, 0.05) is 5.56 Å². The number of benzene rings is 2. The van der Waals surface area contributed by atoms with E-state index in [0.29, 0.717) is 11.3 Å². The largest absolute Gasteiger partial charge is 0.504 e. The Balaban J connectivity index is 2.04. The van der Waals surface area contributed by atoms with Gasteiger partial charge in [0.1, 0.15) is 10.9 Å². The number of methoxy groups -OCH3 is 1. The summed E-state index contributed by atoms with van der Waals surface area (Å²) >= 11 is 0.976. The Morgan fingerprint density at radius 1 is 1.21 bits per heavy atom. The minimum atomic E-state index is -1.00. The molecule has 0 radical (unpaired) electrons. The molecule has 0 saturated heterocycles. The third-order valence-corrected chi connectivity index (χ3v) is 5.06. The lowest BCUT2D eigenvalue weighted by molar-refractivity contribution is -0.136. The predicted molar refractivity (Wildman–Crippen MR) is 109 cm³/mol. The van der Waals surface area contributed by atoms with E-state index >= 15 is 0 Å². The number of phenols is 1. The van der Waals surface area contributed by atoms with Crippen LogP contribution in [0.3, 0.4) is 0 Å². The van der Waals surface area contributed by atoms with E-state index in [2.05, 4.69) is 4.99 Å². The minimum Gasteiger partial charge on any atom is -0.504 e. The number of ether oxygens (including phenoxy) is 1. The normalized spacial score (nSPS) is 16.2. The maximum absolute atomic E-state index is 13.0. The second kappa shape index (κ2) is 8.18. The van der Waals surface area contributed by atoms with E-state index in [4.69, 9.17) is 4.74 Å². The van der Waals surface area contributed by atoms with Gasteiger partial charge in [0.25, 0.3) is 5.91 Å². The van der Waals surface area contributed by atoms with Crippen LogP contribution in [0, 0.1) is 0 Å². The van der Waals surface area contributed by atoms with Gasteiger partial charge in [0.05, 0.1) is 12.8 Å². The number of carboxylic acid groups (broad SMARTS) is 1. The second-order valence-corrected chi connectivity index (χ2v) is 7.20. The Kier molecular flexibility index (Phi) is 5.70. The number of hydrogen-bond acceptors (Lipinski definition) is 6. The van der Waals surface area contributed by atoms with Gasteiger partial charge >= 0.3 is 5.97 Å². The molecule has 0 aliphatic carbocycles. The van der Waals surface area contributed by atoms with E-state index in [1.165, 1.54) is 25.0 Å². The Hall–Kier alpha value is -3.26. The summed E-state index contributed by atoms with van der Waals surface area (Å²) in [6.07, 6.45) is 1.45. The molecule has 1 heterocycles. The van der Waals surface area contributed by atoms with Gasteiger partial charge in [-0.2, -0.15) is 0 Å². The van der Waals surface area contributed by atoms with Gasteiger partial charge in [-0.05, 0) is 31.2 Å². The molecule has 8 heteroatoms. The van der Waals surface area contributed by atoms with Crippen LogP contribution in [-0.4, -0.2) is 39.6 Å². The molecule has 1 atom stereocenters. The molecule has 1 amide bonds. The zero-order valence-electron chi connectivity index (χ0n) is 15.2. The first-order valence-electron chi connectivity index (χ1n) is 8.37. The van der Waals surface area contributed by atoms with Crippen LogP contribution in [0.15, 0.2) is 59.2 Å². The number of phenolic OH excluding ortho intramolecular Hbond substituents is 1. The molecule has 0 bridgehead atoms. The SMILES string of the molecule is COc1cccc(/C=C2\N=C(SC(C)C(=O)O)N(c3ccccc3)C2=O)c1O. The molecule has 3 rings (SSSR count). The molecule has 1 unspecified atom stereocenters. The maximum Gasteiger partial charge on any atom is 0.316 e. The number of aromatic hydroxyl groups is 1. The smallest absolute Gasteiger partial charge is 0.316 e. The molecule has 1 aliphatic heterocycles. The van der Waals surface area contributed by atoms with Crippen LogP contribution in [0.1, 0.15) is 12.5 Å². The monoisotopic (exact) mass is 398 g/mol. The van der Waals surface area contributed by atoms with Gasteiger partial charge < -0.3 is 14.9 Å². The number of amides is 1. The fourth-order valence-electron chi connectivity index (χ4n) is 2.56. The molecule has 144 valence electrons. The lowest BCUT2D eigenvalue weighted by Gasteiger charge is -2.18. The summed E-state index contributed by atoms with van der Waals surface area (Å²) in [5.74, 6) is -1.24. The van der Waals surface area contributed by atoms with E-state index in [1.54, 1.807) is 42.5 Å². The first kappa shape index (κ1) is 19.5. The average molecular weight is 398 g/mol.